The number of rotatable bonds is 4. The molecule has 0 saturated heterocycles. The molecule has 0 spiro atoms. The van der Waals surface area contributed by atoms with Gasteiger partial charge in [-0.15, -0.1) is 0 Å². The lowest BCUT2D eigenvalue weighted by atomic mass is 10.1. The summed E-state index contributed by atoms with van der Waals surface area (Å²) in [6.07, 6.45) is 0.302. The molecule has 21 heavy (non-hydrogen) atoms. The molecule has 0 aliphatic carbocycles. The summed E-state index contributed by atoms with van der Waals surface area (Å²) < 4.78 is 10.0. The first-order chi connectivity index (χ1) is 10.2. The van der Waals surface area contributed by atoms with E-state index < -0.39 is 6.09 Å². The smallest absolute Gasteiger partial charge is 0.410 e. The lowest BCUT2D eigenvalue weighted by molar-refractivity contribution is -0.136. The lowest BCUT2D eigenvalue weighted by Crippen LogP contribution is -2.30. The summed E-state index contributed by atoms with van der Waals surface area (Å²) in [7, 11) is 1.35. The summed E-state index contributed by atoms with van der Waals surface area (Å²) in [6, 6.07) is 9.49. The molecule has 0 saturated carbocycles. The van der Waals surface area contributed by atoms with Crippen LogP contribution in [-0.2, 0) is 20.9 Å². The standard InChI is InChI=1S/C16H19NO4/c1-3-13-9-17(10-14(13)15(18)20-2)16(19)21-11-12-7-5-4-6-8-12/h4-8H,3,9-11H2,1-2H3. The number of esters is 1. The van der Waals surface area contributed by atoms with Gasteiger partial charge in [0.15, 0.2) is 0 Å². The molecule has 112 valence electrons. The van der Waals surface area contributed by atoms with Gasteiger partial charge in [-0.25, -0.2) is 9.59 Å². The van der Waals surface area contributed by atoms with Gasteiger partial charge in [0.05, 0.1) is 19.2 Å². The SMILES string of the molecule is CCC1=C(C(=O)OC)CN(C(=O)OCc2ccccc2)C1. The van der Waals surface area contributed by atoms with Crippen molar-refractivity contribution in [1.29, 1.82) is 0 Å². The Bertz CT molecular complexity index is 551. The van der Waals surface area contributed by atoms with Crippen LogP contribution in [0, 0.1) is 0 Å². The topological polar surface area (TPSA) is 55.8 Å². The van der Waals surface area contributed by atoms with Crippen LogP contribution >= 0.6 is 0 Å². The third-order valence-electron chi connectivity index (χ3n) is 3.48. The van der Waals surface area contributed by atoms with Crippen molar-refractivity contribution < 1.29 is 19.1 Å². The van der Waals surface area contributed by atoms with Crippen LogP contribution in [0.2, 0.25) is 0 Å². The quantitative estimate of drug-likeness (QED) is 0.799. The summed E-state index contributed by atoms with van der Waals surface area (Å²) in [5.74, 6) is -0.370. The Labute approximate surface area is 124 Å². The van der Waals surface area contributed by atoms with Crippen LogP contribution in [0.1, 0.15) is 18.9 Å². The number of carbonyl (C=O) groups excluding carboxylic acids is 2. The molecule has 5 nitrogen and oxygen atoms in total. The van der Waals surface area contributed by atoms with E-state index in [1.54, 1.807) is 0 Å². The maximum absolute atomic E-state index is 12.1. The maximum Gasteiger partial charge on any atom is 0.410 e. The predicted molar refractivity (Wildman–Crippen MR) is 77.5 cm³/mol. The van der Waals surface area contributed by atoms with E-state index in [0.717, 1.165) is 11.1 Å². The summed E-state index contributed by atoms with van der Waals surface area (Å²) in [5.41, 5.74) is 2.43. The van der Waals surface area contributed by atoms with E-state index in [2.05, 4.69) is 0 Å². The molecule has 1 aromatic rings. The lowest BCUT2D eigenvalue weighted by Gasteiger charge is -2.16. The molecule has 1 aliphatic rings. The van der Waals surface area contributed by atoms with Crippen LogP contribution in [0.25, 0.3) is 0 Å². The van der Waals surface area contributed by atoms with E-state index in [0.29, 0.717) is 18.5 Å². The molecule has 2 rings (SSSR count). The van der Waals surface area contributed by atoms with Gasteiger partial charge in [0.2, 0.25) is 0 Å². The van der Waals surface area contributed by atoms with Crippen LogP contribution < -0.4 is 0 Å². The first kappa shape index (κ1) is 15.1. The van der Waals surface area contributed by atoms with Crippen molar-refractivity contribution in [2.75, 3.05) is 20.2 Å². The van der Waals surface area contributed by atoms with Crippen molar-refractivity contribution in [3.8, 4) is 0 Å². The van der Waals surface area contributed by atoms with Crippen molar-refractivity contribution >= 4 is 12.1 Å². The highest BCUT2D eigenvalue weighted by atomic mass is 16.6. The molecule has 0 radical (unpaired) electrons. The van der Waals surface area contributed by atoms with Crippen molar-refractivity contribution in [2.24, 2.45) is 0 Å². The Hall–Kier alpha value is -2.30. The number of amides is 1. The molecule has 0 fully saturated rings. The molecule has 0 N–H and O–H groups in total. The minimum absolute atomic E-state index is 0.227. The number of methoxy groups -OCH3 is 1. The molecule has 1 aliphatic heterocycles. The van der Waals surface area contributed by atoms with Gasteiger partial charge in [-0.05, 0) is 17.6 Å². The van der Waals surface area contributed by atoms with Gasteiger partial charge in [0.25, 0.3) is 0 Å². The highest BCUT2D eigenvalue weighted by molar-refractivity contribution is 5.91. The number of carbonyl (C=O) groups is 2. The molecular weight excluding hydrogens is 270 g/mol. The second-order valence-corrected chi connectivity index (χ2v) is 4.82. The van der Waals surface area contributed by atoms with E-state index in [1.165, 1.54) is 12.0 Å². The maximum atomic E-state index is 12.1. The molecule has 0 aromatic heterocycles. The van der Waals surface area contributed by atoms with Gasteiger partial charge in [-0.3, -0.25) is 4.90 Å². The van der Waals surface area contributed by atoms with Gasteiger partial charge in [0.1, 0.15) is 6.61 Å². The highest BCUT2D eigenvalue weighted by Gasteiger charge is 2.30. The van der Waals surface area contributed by atoms with Gasteiger partial charge < -0.3 is 9.47 Å². The Morgan fingerprint density at radius 3 is 2.52 bits per heavy atom. The summed E-state index contributed by atoms with van der Waals surface area (Å²) in [6.45, 7) is 2.86. The Kier molecular flexibility index (Phi) is 4.98. The normalized spacial score (nSPS) is 14.3. The molecule has 5 heteroatoms. The number of hydrogen-bond acceptors (Lipinski definition) is 4. The average molecular weight is 289 g/mol. The van der Waals surface area contributed by atoms with E-state index in [4.69, 9.17) is 9.47 Å². The molecule has 1 aromatic carbocycles. The third kappa shape index (κ3) is 3.62. The fourth-order valence-electron chi connectivity index (χ4n) is 2.28. The largest absolute Gasteiger partial charge is 0.466 e. The Morgan fingerprint density at radius 1 is 1.19 bits per heavy atom. The average Bonchev–Trinajstić information content (AvgIpc) is 2.97. The zero-order chi connectivity index (χ0) is 15.2. The van der Waals surface area contributed by atoms with Crippen LogP contribution in [-0.4, -0.2) is 37.2 Å². The van der Waals surface area contributed by atoms with Gasteiger partial charge in [-0.1, -0.05) is 37.3 Å². The molecule has 1 heterocycles. The minimum atomic E-state index is -0.413. The van der Waals surface area contributed by atoms with Crippen LogP contribution in [0.3, 0.4) is 0 Å². The summed E-state index contributed by atoms with van der Waals surface area (Å²) >= 11 is 0. The molecule has 1 amide bonds. The van der Waals surface area contributed by atoms with E-state index in [-0.39, 0.29) is 19.1 Å². The zero-order valence-electron chi connectivity index (χ0n) is 12.3. The number of benzene rings is 1. The number of nitrogens with zero attached hydrogens (tertiary/aromatic N) is 1. The third-order valence-corrected chi connectivity index (χ3v) is 3.48. The van der Waals surface area contributed by atoms with Crippen LogP contribution in [0.15, 0.2) is 41.5 Å². The fraction of sp³-hybridized carbons (Fsp3) is 0.375. The van der Waals surface area contributed by atoms with Crippen molar-refractivity contribution in [1.82, 2.24) is 4.90 Å². The summed E-state index contributed by atoms with van der Waals surface area (Å²) in [5, 5.41) is 0. The predicted octanol–water partition coefficient (Wildman–Crippen LogP) is 2.52. The molecule has 0 atom stereocenters. The second kappa shape index (κ2) is 6.92. The first-order valence-corrected chi connectivity index (χ1v) is 6.90. The number of ether oxygens (including phenoxy) is 2. The molecule has 0 bridgehead atoms. The van der Waals surface area contributed by atoms with Crippen LogP contribution in [0.4, 0.5) is 4.79 Å². The Balaban J connectivity index is 1.92. The first-order valence-electron chi connectivity index (χ1n) is 6.90. The fourth-order valence-corrected chi connectivity index (χ4v) is 2.28. The summed E-state index contributed by atoms with van der Waals surface area (Å²) in [4.78, 5) is 25.3. The monoisotopic (exact) mass is 289 g/mol. The van der Waals surface area contributed by atoms with Crippen molar-refractivity contribution in [3.63, 3.8) is 0 Å². The molecule has 0 unspecified atom stereocenters. The zero-order valence-corrected chi connectivity index (χ0v) is 12.3. The van der Waals surface area contributed by atoms with E-state index in [9.17, 15) is 9.59 Å². The van der Waals surface area contributed by atoms with E-state index >= 15 is 0 Å². The Morgan fingerprint density at radius 2 is 1.90 bits per heavy atom. The van der Waals surface area contributed by atoms with E-state index in [1.807, 2.05) is 37.3 Å². The van der Waals surface area contributed by atoms with Crippen molar-refractivity contribution in [3.05, 3.63) is 47.0 Å². The minimum Gasteiger partial charge on any atom is -0.466 e. The highest BCUT2D eigenvalue weighted by Crippen LogP contribution is 2.22. The number of hydrogen-bond donors (Lipinski definition) is 0. The van der Waals surface area contributed by atoms with Gasteiger partial charge in [0, 0.05) is 6.54 Å². The molecular formula is C16H19NO4. The van der Waals surface area contributed by atoms with Crippen LogP contribution in [0.5, 0.6) is 0 Å². The van der Waals surface area contributed by atoms with Gasteiger partial charge >= 0.3 is 12.1 Å². The van der Waals surface area contributed by atoms with Gasteiger partial charge in [-0.2, -0.15) is 0 Å². The van der Waals surface area contributed by atoms with Crippen molar-refractivity contribution in [2.45, 2.75) is 20.0 Å². The second-order valence-electron chi connectivity index (χ2n) is 4.82.